The second-order valence-electron chi connectivity index (χ2n) is 2.81. The van der Waals surface area contributed by atoms with Gasteiger partial charge in [-0.3, -0.25) is 0 Å². The van der Waals surface area contributed by atoms with Crippen molar-refractivity contribution in [2.45, 2.75) is 13.3 Å². The van der Waals surface area contributed by atoms with E-state index in [1.807, 2.05) is 6.92 Å². The minimum absolute atomic E-state index is 0.249. The summed E-state index contributed by atoms with van der Waals surface area (Å²) in [6.07, 6.45) is 1.02. The summed E-state index contributed by atoms with van der Waals surface area (Å²) in [5.74, 6) is 5.60. The minimum atomic E-state index is 0.249. The molecule has 0 spiro atoms. The second kappa shape index (κ2) is 4.84. The maximum Gasteiger partial charge on any atom is 0.131 e. The van der Waals surface area contributed by atoms with Crippen LogP contribution in [0.15, 0.2) is 18.2 Å². The third-order valence-corrected chi connectivity index (χ3v) is 1.76. The average Bonchev–Trinajstić information content (AvgIpc) is 2.20. The van der Waals surface area contributed by atoms with Gasteiger partial charge in [0, 0.05) is 5.56 Å². The molecular weight excluding hydrogens is 174 g/mol. The lowest BCUT2D eigenvalue weighted by Gasteiger charge is -1.96. The molecule has 0 aliphatic heterocycles. The topological polar surface area (TPSA) is 40.9 Å². The normalized spacial score (nSPS) is 8.29. The van der Waals surface area contributed by atoms with Gasteiger partial charge in [0.1, 0.15) is 6.29 Å². The van der Waals surface area contributed by atoms with Gasteiger partial charge in [0.25, 0.3) is 0 Å². The monoisotopic (exact) mass is 183 g/mol. The van der Waals surface area contributed by atoms with Crippen molar-refractivity contribution in [1.29, 1.82) is 5.26 Å². The van der Waals surface area contributed by atoms with Crippen molar-refractivity contribution >= 4 is 6.29 Å². The van der Waals surface area contributed by atoms with Crippen molar-refractivity contribution in [2.75, 3.05) is 0 Å². The maximum atomic E-state index is 10.0. The van der Waals surface area contributed by atoms with Gasteiger partial charge >= 0.3 is 0 Å². The lowest BCUT2D eigenvalue weighted by molar-refractivity contribution is -0.107. The van der Waals surface area contributed by atoms with E-state index in [0.717, 1.165) is 17.4 Å². The predicted octanol–water partition coefficient (Wildman–Crippen LogP) is 1.81. The van der Waals surface area contributed by atoms with Crippen molar-refractivity contribution < 1.29 is 4.79 Å². The van der Waals surface area contributed by atoms with E-state index in [4.69, 9.17) is 5.26 Å². The number of hydrogen-bond acceptors (Lipinski definition) is 2. The highest BCUT2D eigenvalue weighted by Crippen LogP contribution is 2.08. The van der Waals surface area contributed by atoms with Crippen LogP contribution in [-0.2, 0) is 4.79 Å². The molecule has 68 valence electrons. The molecule has 0 radical (unpaired) electrons. The number of hydrogen-bond donors (Lipinski definition) is 0. The lowest BCUT2D eigenvalue weighted by atomic mass is 10.1. The summed E-state index contributed by atoms with van der Waals surface area (Å²) < 4.78 is 0. The van der Waals surface area contributed by atoms with E-state index in [2.05, 4.69) is 17.9 Å². The Bertz CT molecular complexity index is 444. The molecule has 14 heavy (non-hydrogen) atoms. The Morgan fingerprint density at radius 3 is 2.86 bits per heavy atom. The SMILES string of the molecule is Cc1cc(C#N)ccc1C#CCC=O. The van der Waals surface area contributed by atoms with E-state index in [1.165, 1.54) is 0 Å². The fourth-order valence-corrected chi connectivity index (χ4v) is 1.06. The summed E-state index contributed by atoms with van der Waals surface area (Å²) in [5.41, 5.74) is 2.46. The van der Waals surface area contributed by atoms with Crippen LogP contribution >= 0.6 is 0 Å². The highest BCUT2D eigenvalue weighted by atomic mass is 16.1. The number of aldehydes is 1. The van der Waals surface area contributed by atoms with Gasteiger partial charge in [-0.2, -0.15) is 5.26 Å². The first-order chi connectivity index (χ1) is 6.77. The van der Waals surface area contributed by atoms with Crippen LogP contribution in [0.25, 0.3) is 0 Å². The van der Waals surface area contributed by atoms with E-state index in [0.29, 0.717) is 5.56 Å². The Labute approximate surface area is 83.2 Å². The van der Waals surface area contributed by atoms with Crippen LogP contribution < -0.4 is 0 Å². The summed E-state index contributed by atoms with van der Waals surface area (Å²) in [6.45, 7) is 1.89. The molecule has 1 aromatic rings. The van der Waals surface area contributed by atoms with Crippen LogP contribution in [0.3, 0.4) is 0 Å². The Morgan fingerprint density at radius 2 is 2.29 bits per heavy atom. The highest BCUT2D eigenvalue weighted by Gasteiger charge is 1.95. The van der Waals surface area contributed by atoms with Gasteiger partial charge in [0.05, 0.1) is 18.1 Å². The fraction of sp³-hybridized carbons (Fsp3) is 0.167. The van der Waals surface area contributed by atoms with Crippen LogP contribution in [0, 0.1) is 30.1 Å². The third kappa shape index (κ3) is 2.47. The standard InChI is InChI=1S/C12H9NO/c1-10-8-11(9-13)5-6-12(10)4-2-3-7-14/h5-8H,3H2,1H3. The first kappa shape index (κ1) is 10.0. The summed E-state index contributed by atoms with van der Waals surface area (Å²) in [7, 11) is 0. The van der Waals surface area contributed by atoms with E-state index in [-0.39, 0.29) is 6.42 Å². The molecule has 0 atom stereocenters. The van der Waals surface area contributed by atoms with Gasteiger partial charge in [-0.15, -0.1) is 0 Å². The molecule has 0 aromatic heterocycles. The Balaban J connectivity index is 2.97. The van der Waals surface area contributed by atoms with Crippen LogP contribution in [0.4, 0.5) is 0 Å². The van der Waals surface area contributed by atoms with Crippen molar-refractivity contribution in [2.24, 2.45) is 0 Å². The molecule has 0 heterocycles. The van der Waals surface area contributed by atoms with Crippen LogP contribution in [0.5, 0.6) is 0 Å². The number of aryl methyl sites for hydroxylation is 1. The summed E-state index contributed by atoms with van der Waals surface area (Å²) >= 11 is 0. The second-order valence-corrected chi connectivity index (χ2v) is 2.81. The van der Waals surface area contributed by atoms with Gasteiger partial charge < -0.3 is 4.79 Å². The zero-order chi connectivity index (χ0) is 10.4. The van der Waals surface area contributed by atoms with Gasteiger partial charge in [0.15, 0.2) is 0 Å². The van der Waals surface area contributed by atoms with Gasteiger partial charge in [0.2, 0.25) is 0 Å². The predicted molar refractivity (Wildman–Crippen MR) is 53.5 cm³/mol. The smallest absolute Gasteiger partial charge is 0.131 e. The fourth-order valence-electron chi connectivity index (χ4n) is 1.06. The molecular formula is C12H9NO. The lowest BCUT2D eigenvalue weighted by Crippen LogP contribution is -1.84. The largest absolute Gasteiger partial charge is 0.302 e. The van der Waals surface area contributed by atoms with Crippen molar-refractivity contribution in [3.05, 3.63) is 34.9 Å². The van der Waals surface area contributed by atoms with Crippen LogP contribution in [0.2, 0.25) is 0 Å². The van der Waals surface area contributed by atoms with Crippen molar-refractivity contribution in [3.8, 4) is 17.9 Å². The summed E-state index contributed by atoms with van der Waals surface area (Å²) in [4.78, 5) is 10.0. The number of rotatable bonds is 1. The van der Waals surface area contributed by atoms with Crippen molar-refractivity contribution in [1.82, 2.24) is 0 Å². The molecule has 2 heteroatoms. The summed E-state index contributed by atoms with van der Waals surface area (Å²) in [6, 6.07) is 7.36. The van der Waals surface area contributed by atoms with E-state index < -0.39 is 0 Å². The highest BCUT2D eigenvalue weighted by molar-refractivity contribution is 5.55. The van der Waals surface area contributed by atoms with E-state index in [1.54, 1.807) is 18.2 Å². The first-order valence-corrected chi connectivity index (χ1v) is 4.21. The number of carbonyl (C=O) groups excluding carboxylic acids is 1. The number of benzene rings is 1. The molecule has 0 fully saturated rings. The number of carbonyl (C=O) groups is 1. The van der Waals surface area contributed by atoms with Gasteiger partial charge in [-0.1, -0.05) is 11.8 Å². The molecule has 0 amide bonds. The van der Waals surface area contributed by atoms with Crippen LogP contribution in [0.1, 0.15) is 23.1 Å². The minimum Gasteiger partial charge on any atom is -0.302 e. The van der Waals surface area contributed by atoms with Crippen LogP contribution in [-0.4, -0.2) is 6.29 Å². The number of nitriles is 1. The molecule has 2 nitrogen and oxygen atoms in total. The number of nitrogens with zero attached hydrogens (tertiary/aromatic N) is 1. The summed E-state index contributed by atoms with van der Waals surface area (Å²) in [5, 5.41) is 8.63. The molecule has 0 saturated carbocycles. The van der Waals surface area contributed by atoms with E-state index >= 15 is 0 Å². The van der Waals surface area contributed by atoms with Gasteiger partial charge in [-0.05, 0) is 30.7 Å². The molecule has 0 bridgehead atoms. The zero-order valence-electron chi connectivity index (χ0n) is 7.87. The van der Waals surface area contributed by atoms with Crippen molar-refractivity contribution in [3.63, 3.8) is 0 Å². The van der Waals surface area contributed by atoms with E-state index in [9.17, 15) is 4.79 Å². The molecule has 0 aliphatic rings. The molecule has 0 aliphatic carbocycles. The molecule has 0 unspecified atom stereocenters. The Morgan fingerprint density at radius 1 is 1.50 bits per heavy atom. The molecule has 1 rings (SSSR count). The molecule has 0 saturated heterocycles. The quantitative estimate of drug-likeness (QED) is 0.492. The zero-order valence-corrected chi connectivity index (χ0v) is 7.87. The Hall–Kier alpha value is -2.06. The Kier molecular flexibility index (Phi) is 3.47. The third-order valence-electron chi connectivity index (χ3n) is 1.76. The average molecular weight is 183 g/mol. The van der Waals surface area contributed by atoms with Gasteiger partial charge in [-0.25, -0.2) is 0 Å². The molecule has 1 aromatic carbocycles. The molecule has 0 N–H and O–H groups in total. The first-order valence-electron chi connectivity index (χ1n) is 4.21. The maximum absolute atomic E-state index is 10.0.